The molecule has 0 heterocycles. The van der Waals surface area contributed by atoms with E-state index in [1.807, 2.05) is 7.05 Å². The first-order chi connectivity index (χ1) is 4.91. The second kappa shape index (κ2) is 12.5. The summed E-state index contributed by atoms with van der Waals surface area (Å²) in [4.78, 5) is 0. The van der Waals surface area contributed by atoms with E-state index in [1.54, 1.807) is 0 Å². The molecule has 70 valence electrons. The van der Waals surface area contributed by atoms with Crippen LogP contribution in [0.15, 0.2) is 0 Å². The van der Waals surface area contributed by atoms with Crippen LogP contribution >= 0.6 is 0 Å². The zero-order valence-corrected chi connectivity index (χ0v) is 6.82. The van der Waals surface area contributed by atoms with E-state index in [4.69, 9.17) is 5.73 Å². The smallest absolute Gasteiger partial charge is 0.00368 e. The lowest BCUT2D eigenvalue weighted by Crippen LogP contribution is -2.22. The van der Waals surface area contributed by atoms with Crippen molar-refractivity contribution in [1.82, 2.24) is 10.6 Å². The van der Waals surface area contributed by atoms with Crippen molar-refractivity contribution in [3.63, 3.8) is 0 Å². The third kappa shape index (κ3) is 13.0. The summed E-state index contributed by atoms with van der Waals surface area (Å²) >= 11 is 0. The van der Waals surface area contributed by atoms with Gasteiger partial charge in [0.05, 0.1) is 0 Å². The molecule has 0 aromatic carbocycles. The van der Waals surface area contributed by atoms with Gasteiger partial charge in [-0.3, -0.25) is 0 Å². The predicted octanol–water partition coefficient (Wildman–Crippen LogP) is 0.170. The minimum atomic E-state index is 0. The molecule has 0 saturated heterocycles. The molecule has 0 aliphatic carbocycles. The van der Waals surface area contributed by atoms with Crippen molar-refractivity contribution < 1.29 is 0 Å². The zero-order chi connectivity index (χ0) is 7.66. The molecule has 0 amide bonds. The summed E-state index contributed by atoms with van der Waals surface area (Å²) < 4.78 is 0. The molecule has 3 nitrogen and oxygen atoms in total. The molecular formula is C8H23N3. The Hall–Kier alpha value is -0.120. The Morgan fingerprint density at radius 3 is 2.27 bits per heavy atom. The van der Waals surface area contributed by atoms with E-state index >= 15 is 0 Å². The third-order valence-corrected chi connectivity index (χ3v) is 1.34. The second-order valence-corrected chi connectivity index (χ2v) is 2.35. The summed E-state index contributed by atoms with van der Waals surface area (Å²) in [5.41, 5.74) is 5.32. The van der Waals surface area contributed by atoms with Crippen molar-refractivity contribution in [2.45, 2.75) is 20.3 Å². The average molecular weight is 161 g/mol. The molecule has 0 aliphatic rings. The van der Waals surface area contributed by atoms with Crippen molar-refractivity contribution in [2.75, 3.05) is 33.2 Å². The molecule has 0 aromatic rings. The highest BCUT2D eigenvalue weighted by Crippen LogP contribution is 1.73. The zero-order valence-electron chi connectivity index (χ0n) is 6.82. The molecule has 0 bridgehead atoms. The van der Waals surface area contributed by atoms with Gasteiger partial charge >= 0.3 is 0 Å². The second-order valence-electron chi connectivity index (χ2n) is 2.35. The van der Waals surface area contributed by atoms with Crippen molar-refractivity contribution in [2.24, 2.45) is 5.73 Å². The molecule has 0 saturated carbocycles. The summed E-state index contributed by atoms with van der Waals surface area (Å²) in [5, 5.41) is 6.40. The van der Waals surface area contributed by atoms with Crippen LogP contribution in [0.25, 0.3) is 0 Å². The molecule has 3 heteroatoms. The van der Waals surface area contributed by atoms with Gasteiger partial charge in [0.2, 0.25) is 0 Å². The molecule has 11 heavy (non-hydrogen) atoms. The highest BCUT2D eigenvalue weighted by atomic mass is 14.9. The maximum Gasteiger partial charge on any atom is -0.00368 e. The highest BCUT2D eigenvalue weighted by Gasteiger charge is 1.84. The van der Waals surface area contributed by atoms with E-state index in [0.29, 0.717) is 0 Å². The van der Waals surface area contributed by atoms with Crippen LogP contribution in [0.2, 0.25) is 0 Å². The number of rotatable bonds is 7. The van der Waals surface area contributed by atoms with E-state index in [9.17, 15) is 0 Å². The van der Waals surface area contributed by atoms with E-state index < -0.39 is 0 Å². The molecular weight excluding hydrogens is 138 g/mol. The fourth-order valence-corrected chi connectivity index (χ4v) is 0.742. The van der Waals surface area contributed by atoms with Crippen LogP contribution in [0.4, 0.5) is 0 Å². The summed E-state index contributed by atoms with van der Waals surface area (Å²) in [6, 6.07) is 0. The van der Waals surface area contributed by atoms with Crippen LogP contribution < -0.4 is 16.4 Å². The van der Waals surface area contributed by atoms with Gasteiger partial charge in [-0.1, -0.05) is 7.43 Å². The number of hydrogen-bond donors (Lipinski definition) is 3. The van der Waals surface area contributed by atoms with E-state index in [1.165, 1.54) is 6.42 Å². The van der Waals surface area contributed by atoms with Crippen LogP contribution in [0.1, 0.15) is 20.3 Å². The Morgan fingerprint density at radius 1 is 1.09 bits per heavy atom. The molecule has 0 rings (SSSR count). The van der Waals surface area contributed by atoms with Gasteiger partial charge < -0.3 is 16.4 Å². The predicted molar refractivity (Wildman–Crippen MR) is 51.8 cm³/mol. The van der Waals surface area contributed by atoms with Crippen molar-refractivity contribution in [1.29, 1.82) is 0 Å². The first kappa shape index (κ1) is 13.5. The van der Waals surface area contributed by atoms with E-state index in [2.05, 4.69) is 10.6 Å². The number of nitrogens with two attached hydrogens (primary N) is 1. The van der Waals surface area contributed by atoms with Crippen molar-refractivity contribution in [3.8, 4) is 0 Å². The van der Waals surface area contributed by atoms with Crippen LogP contribution in [0.3, 0.4) is 0 Å². The Labute approximate surface area is 70.7 Å². The van der Waals surface area contributed by atoms with Gasteiger partial charge in [0, 0.05) is 0 Å². The van der Waals surface area contributed by atoms with Gasteiger partial charge in [-0.25, -0.2) is 0 Å². The van der Waals surface area contributed by atoms with Gasteiger partial charge in [0.1, 0.15) is 0 Å². The quantitative estimate of drug-likeness (QED) is 0.467. The Bertz CT molecular complexity index is 49.3. The molecule has 0 unspecified atom stereocenters. The maximum atomic E-state index is 5.32. The SMILES string of the molecule is C.CNCCCNCCCN. The average Bonchev–Trinajstić information content (AvgIpc) is 1.97. The molecule has 0 aliphatic heterocycles. The number of nitrogens with one attached hydrogen (secondary N) is 2. The number of hydrogen-bond acceptors (Lipinski definition) is 3. The lowest BCUT2D eigenvalue weighted by atomic mass is 10.4. The topological polar surface area (TPSA) is 50.1 Å². The summed E-state index contributed by atoms with van der Waals surface area (Å²) in [6.45, 7) is 4.04. The van der Waals surface area contributed by atoms with Crippen molar-refractivity contribution >= 4 is 0 Å². The van der Waals surface area contributed by atoms with Gasteiger partial charge in [-0.05, 0) is 46.1 Å². The van der Waals surface area contributed by atoms with Crippen LogP contribution in [-0.4, -0.2) is 33.2 Å². The van der Waals surface area contributed by atoms with Crippen molar-refractivity contribution in [3.05, 3.63) is 0 Å². The summed E-state index contributed by atoms with van der Waals surface area (Å²) in [5.74, 6) is 0. The van der Waals surface area contributed by atoms with E-state index in [-0.39, 0.29) is 7.43 Å². The minimum Gasteiger partial charge on any atom is -0.330 e. The molecule has 0 spiro atoms. The first-order valence-electron chi connectivity index (χ1n) is 3.97. The molecule has 0 radical (unpaired) electrons. The highest BCUT2D eigenvalue weighted by molar-refractivity contribution is 4.49. The lowest BCUT2D eigenvalue weighted by Gasteiger charge is -2.01. The minimum absolute atomic E-state index is 0. The summed E-state index contributed by atoms with van der Waals surface area (Å²) in [7, 11) is 1.97. The summed E-state index contributed by atoms with van der Waals surface area (Å²) in [6.07, 6.45) is 2.28. The molecule has 0 atom stereocenters. The maximum absolute atomic E-state index is 5.32. The Balaban J connectivity index is 0. The normalized spacial score (nSPS) is 9.27. The molecule has 0 aromatic heterocycles. The van der Waals surface area contributed by atoms with Gasteiger partial charge in [-0.2, -0.15) is 0 Å². The fourth-order valence-electron chi connectivity index (χ4n) is 0.742. The lowest BCUT2D eigenvalue weighted by molar-refractivity contribution is 0.610. The van der Waals surface area contributed by atoms with E-state index in [0.717, 1.165) is 32.6 Å². The van der Waals surface area contributed by atoms with Crippen LogP contribution in [-0.2, 0) is 0 Å². The largest absolute Gasteiger partial charge is 0.330 e. The van der Waals surface area contributed by atoms with Gasteiger partial charge in [-0.15, -0.1) is 0 Å². The van der Waals surface area contributed by atoms with Gasteiger partial charge in [0.25, 0.3) is 0 Å². The molecule has 4 N–H and O–H groups in total. The Kier molecular flexibility index (Phi) is 15.4. The first-order valence-corrected chi connectivity index (χ1v) is 3.97. The third-order valence-electron chi connectivity index (χ3n) is 1.34. The Morgan fingerprint density at radius 2 is 1.73 bits per heavy atom. The molecule has 0 fully saturated rings. The van der Waals surface area contributed by atoms with Crippen LogP contribution in [0, 0.1) is 0 Å². The van der Waals surface area contributed by atoms with Gasteiger partial charge in [0.15, 0.2) is 0 Å². The standard InChI is InChI=1S/C7H19N3.CH4/c1-9-5-3-7-10-6-2-4-8;/h9-10H,2-8H2,1H3;1H4. The monoisotopic (exact) mass is 161 g/mol. The van der Waals surface area contributed by atoms with Crippen LogP contribution in [0.5, 0.6) is 0 Å². The fraction of sp³-hybridized carbons (Fsp3) is 1.00.